The van der Waals surface area contributed by atoms with Gasteiger partial charge in [0.15, 0.2) is 0 Å². The monoisotopic (exact) mass is 475 g/mol. The SMILES string of the molecule is Cc1ccn(C(CC(C)C)C(=O)N[C@@H](CC(=O)O)c2cnc(C)c(-c3ccccc3C)c2)c(=O)c1. The van der Waals surface area contributed by atoms with Crippen molar-refractivity contribution in [2.75, 3.05) is 0 Å². The zero-order valence-electron chi connectivity index (χ0n) is 20.9. The molecule has 35 heavy (non-hydrogen) atoms. The third kappa shape index (κ3) is 6.44. The van der Waals surface area contributed by atoms with E-state index in [4.69, 9.17) is 0 Å². The van der Waals surface area contributed by atoms with Crippen LogP contribution in [-0.4, -0.2) is 26.5 Å². The number of carbonyl (C=O) groups excluding carboxylic acids is 1. The fraction of sp³-hybridized carbons (Fsp3) is 0.357. The topological polar surface area (TPSA) is 101 Å². The molecule has 2 aromatic heterocycles. The van der Waals surface area contributed by atoms with Crippen LogP contribution in [0.4, 0.5) is 0 Å². The minimum absolute atomic E-state index is 0.144. The number of aliphatic carboxylic acids is 1. The Kier molecular flexibility index (Phi) is 8.22. The van der Waals surface area contributed by atoms with Crippen LogP contribution in [0.5, 0.6) is 0 Å². The Bertz CT molecular complexity index is 1280. The Morgan fingerprint density at radius 3 is 2.40 bits per heavy atom. The van der Waals surface area contributed by atoms with Crippen molar-refractivity contribution in [2.24, 2.45) is 5.92 Å². The largest absolute Gasteiger partial charge is 0.481 e. The average molecular weight is 476 g/mol. The second-order valence-electron chi connectivity index (χ2n) is 9.47. The van der Waals surface area contributed by atoms with Crippen molar-refractivity contribution in [1.29, 1.82) is 0 Å². The van der Waals surface area contributed by atoms with Crippen molar-refractivity contribution in [2.45, 2.75) is 59.5 Å². The van der Waals surface area contributed by atoms with E-state index in [-0.39, 0.29) is 17.9 Å². The molecular formula is C28H33N3O4. The molecule has 0 radical (unpaired) electrons. The van der Waals surface area contributed by atoms with E-state index in [0.29, 0.717) is 12.0 Å². The van der Waals surface area contributed by atoms with Gasteiger partial charge < -0.3 is 15.0 Å². The van der Waals surface area contributed by atoms with Gasteiger partial charge in [-0.1, -0.05) is 38.1 Å². The van der Waals surface area contributed by atoms with Crippen molar-refractivity contribution < 1.29 is 14.7 Å². The quantitative estimate of drug-likeness (QED) is 0.465. The highest BCUT2D eigenvalue weighted by Gasteiger charge is 2.27. The zero-order valence-corrected chi connectivity index (χ0v) is 20.9. The van der Waals surface area contributed by atoms with Gasteiger partial charge in [0.25, 0.3) is 5.56 Å². The van der Waals surface area contributed by atoms with Gasteiger partial charge in [-0.3, -0.25) is 19.4 Å². The summed E-state index contributed by atoms with van der Waals surface area (Å²) in [6.07, 6.45) is 3.37. The molecule has 1 unspecified atom stereocenters. The molecule has 0 aliphatic carbocycles. The molecule has 0 aliphatic heterocycles. The number of hydrogen-bond acceptors (Lipinski definition) is 4. The van der Waals surface area contributed by atoms with Crippen LogP contribution in [0.15, 0.2) is 59.7 Å². The fourth-order valence-corrected chi connectivity index (χ4v) is 4.22. The van der Waals surface area contributed by atoms with E-state index < -0.39 is 24.0 Å². The smallest absolute Gasteiger partial charge is 0.305 e. The van der Waals surface area contributed by atoms with E-state index in [9.17, 15) is 19.5 Å². The first-order valence-corrected chi connectivity index (χ1v) is 11.8. The number of nitrogens with zero attached hydrogens (tertiary/aromatic N) is 2. The van der Waals surface area contributed by atoms with Crippen molar-refractivity contribution in [3.8, 4) is 11.1 Å². The zero-order chi connectivity index (χ0) is 25.7. The number of aryl methyl sites for hydroxylation is 3. The van der Waals surface area contributed by atoms with E-state index in [1.165, 1.54) is 10.6 Å². The van der Waals surface area contributed by atoms with E-state index in [1.807, 2.05) is 65.0 Å². The van der Waals surface area contributed by atoms with Crippen LogP contribution in [0.3, 0.4) is 0 Å². The molecule has 0 bridgehead atoms. The van der Waals surface area contributed by atoms with E-state index in [0.717, 1.165) is 27.9 Å². The van der Waals surface area contributed by atoms with E-state index in [2.05, 4.69) is 10.3 Å². The molecule has 1 amide bonds. The third-order valence-corrected chi connectivity index (χ3v) is 6.08. The molecular weight excluding hydrogens is 442 g/mol. The molecule has 7 heteroatoms. The Morgan fingerprint density at radius 1 is 1.06 bits per heavy atom. The lowest BCUT2D eigenvalue weighted by atomic mass is 9.95. The second-order valence-corrected chi connectivity index (χ2v) is 9.47. The summed E-state index contributed by atoms with van der Waals surface area (Å²) in [5.41, 5.74) is 4.93. The van der Waals surface area contributed by atoms with E-state index >= 15 is 0 Å². The summed E-state index contributed by atoms with van der Waals surface area (Å²) in [5, 5.41) is 12.5. The number of carbonyl (C=O) groups is 2. The van der Waals surface area contributed by atoms with Gasteiger partial charge in [0.1, 0.15) is 6.04 Å². The summed E-state index contributed by atoms with van der Waals surface area (Å²) in [4.78, 5) is 42.4. The van der Waals surface area contributed by atoms with Crippen molar-refractivity contribution in [3.05, 3.63) is 87.6 Å². The maximum atomic E-state index is 13.5. The lowest BCUT2D eigenvalue weighted by Gasteiger charge is -2.25. The van der Waals surface area contributed by atoms with Crippen LogP contribution >= 0.6 is 0 Å². The highest BCUT2D eigenvalue weighted by atomic mass is 16.4. The molecule has 3 rings (SSSR count). The van der Waals surface area contributed by atoms with Gasteiger partial charge in [0, 0.05) is 29.7 Å². The minimum Gasteiger partial charge on any atom is -0.481 e. The summed E-state index contributed by atoms with van der Waals surface area (Å²) in [7, 11) is 0. The van der Waals surface area contributed by atoms with Crippen LogP contribution < -0.4 is 10.9 Å². The van der Waals surface area contributed by atoms with Crippen molar-refractivity contribution in [3.63, 3.8) is 0 Å². The number of aromatic nitrogens is 2. The van der Waals surface area contributed by atoms with Crippen molar-refractivity contribution >= 4 is 11.9 Å². The van der Waals surface area contributed by atoms with Gasteiger partial charge in [-0.15, -0.1) is 0 Å². The lowest BCUT2D eigenvalue weighted by Crippen LogP contribution is -2.40. The van der Waals surface area contributed by atoms with E-state index in [1.54, 1.807) is 18.5 Å². The maximum absolute atomic E-state index is 13.5. The predicted molar refractivity (Wildman–Crippen MR) is 136 cm³/mol. The number of nitrogens with one attached hydrogen (secondary N) is 1. The normalized spacial score (nSPS) is 12.9. The Hall–Kier alpha value is -3.74. The molecule has 1 aromatic carbocycles. The summed E-state index contributed by atoms with van der Waals surface area (Å²) in [6, 6.07) is 11.5. The van der Waals surface area contributed by atoms with Crippen LogP contribution in [0.2, 0.25) is 0 Å². The highest BCUT2D eigenvalue weighted by molar-refractivity contribution is 5.82. The Morgan fingerprint density at radius 2 is 1.77 bits per heavy atom. The molecule has 0 saturated carbocycles. The predicted octanol–water partition coefficient (Wildman–Crippen LogP) is 4.75. The fourth-order valence-electron chi connectivity index (χ4n) is 4.22. The molecule has 2 atom stereocenters. The summed E-state index contributed by atoms with van der Waals surface area (Å²) in [5.74, 6) is -1.29. The maximum Gasteiger partial charge on any atom is 0.305 e. The summed E-state index contributed by atoms with van der Waals surface area (Å²) < 4.78 is 1.42. The third-order valence-electron chi connectivity index (χ3n) is 6.08. The second kappa shape index (κ2) is 11.1. The minimum atomic E-state index is -1.04. The lowest BCUT2D eigenvalue weighted by molar-refractivity contribution is -0.138. The number of carboxylic acids is 1. The Labute approximate surface area is 205 Å². The standard InChI is InChI=1S/C28H33N3O4/c1-17(2)12-25(31-11-10-18(3)13-26(31)32)28(35)30-24(15-27(33)34)21-14-23(20(5)29-16-21)22-9-7-6-8-19(22)4/h6-11,13-14,16-17,24-25H,12,15H2,1-5H3,(H,30,35)(H,33,34)/t24-,25?/m0/s1. The molecule has 0 spiro atoms. The first-order valence-electron chi connectivity index (χ1n) is 11.8. The van der Waals surface area contributed by atoms with Gasteiger partial charge in [-0.2, -0.15) is 0 Å². The molecule has 0 saturated heterocycles. The number of hydrogen-bond donors (Lipinski definition) is 2. The van der Waals surface area contributed by atoms with Gasteiger partial charge >= 0.3 is 5.97 Å². The number of benzene rings is 1. The molecule has 3 aromatic rings. The Balaban J connectivity index is 2.00. The summed E-state index contributed by atoms with van der Waals surface area (Å²) >= 11 is 0. The number of pyridine rings is 2. The first-order chi connectivity index (χ1) is 16.6. The van der Waals surface area contributed by atoms with Gasteiger partial charge in [-0.05, 0) is 67.5 Å². The highest BCUT2D eigenvalue weighted by Crippen LogP contribution is 2.29. The number of amides is 1. The number of carboxylic acid groups (broad SMARTS) is 1. The van der Waals surface area contributed by atoms with Gasteiger partial charge in [0.2, 0.25) is 5.91 Å². The molecule has 184 valence electrons. The van der Waals surface area contributed by atoms with Gasteiger partial charge in [0.05, 0.1) is 12.5 Å². The van der Waals surface area contributed by atoms with Crippen LogP contribution in [0.1, 0.15) is 61.2 Å². The van der Waals surface area contributed by atoms with Crippen LogP contribution in [0, 0.1) is 26.7 Å². The first kappa shape index (κ1) is 25.9. The van der Waals surface area contributed by atoms with Gasteiger partial charge in [-0.25, -0.2) is 0 Å². The van der Waals surface area contributed by atoms with Crippen molar-refractivity contribution in [1.82, 2.24) is 14.9 Å². The number of rotatable bonds is 9. The molecule has 0 fully saturated rings. The molecule has 7 nitrogen and oxygen atoms in total. The molecule has 0 aliphatic rings. The molecule has 2 heterocycles. The summed E-state index contributed by atoms with van der Waals surface area (Å²) in [6.45, 7) is 9.69. The van der Waals surface area contributed by atoms with Crippen LogP contribution in [-0.2, 0) is 9.59 Å². The van der Waals surface area contributed by atoms with Crippen LogP contribution in [0.25, 0.3) is 11.1 Å². The molecule has 2 N–H and O–H groups in total. The average Bonchev–Trinajstić information content (AvgIpc) is 2.78.